The molecule has 0 saturated carbocycles. The summed E-state index contributed by atoms with van der Waals surface area (Å²) in [6, 6.07) is 68.6. The maximum atomic E-state index is 6.65. The van der Waals surface area contributed by atoms with Crippen molar-refractivity contribution in [2.45, 2.75) is 0 Å². The summed E-state index contributed by atoms with van der Waals surface area (Å²) in [7, 11) is 0. The first-order valence-corrected chi connectivity index (χ1v) is 19.9. The van der Waals surface area contributed by atoms with E-state index in [1.807, 2.05) is 6.07 Å². The molecule has 0 fully saturated rings. The fourth-order valence-electron chi connectivity index (χ4n) is 10.4. The molecule has 0 saturated heterocycles. The standard InChI is InChI=1S/C54H31N3O/c1-2-13-34(14-3-1)55-43-20-8-4-15-35(43)40-29-32(25-26-46(40)55)33-30-41-36-16-5-9-21-44(36)57-48-28-27-47-51(52(48)42(31-33)53(41)57)39-18-6-10-22-45(39)56(47)49-23-12-19-38-37-17-7-11-24-50(37)58-54(38)49/h1-31H. The number of nitrogens with zero attached hydrogens (tertiary/aromatic N) is 3. The van der Waals surface area contributed by atoms with Crippen LogP contribution in [-0.2, 0) is 0 Å². The van der Waals surface area contributed by atoms with Crippen LogP contribution in [0.5, 0.6) is 0 Å². The van der Waals surface area contributed by atoms with Crippen molar-refractivity contribution in [3.05, 3.63) is 188 Å². The maximum Gasteiger partial charge on any atom is 0.159 e. The molecule has 0 radical (unpaired) electrons. The molecule has 0 aliphatic rings. The number of hydrogen-bond acceptors (Lipinski definition) is 1. The molecule has 0 unspecified atom stereocenters. The van der Waals surface area contributed by atoms with Crippen molar-refractivity contribution in [1.82, 2.24) is 13.5 Å². The van der Waals surface area contributed by atoms with Gasteiger partial charge in [0.15, 0.2) is 5.58 Å². The van der Waals surface area contributed by atoms with Crippen LogP contribution >= 0.6 is 0 Å². The summed E-state index contributed by atoms with van der Waals surface area (Å²) in [6.45, 7) is 0. The number of rotatable bonds is 3. The van der Waals surface area contributed by atoms with Gasteiger partial charge in [-0.25, -0.2) is 0 Å². The Morgan fingerprint density at radius 1 is 0.328 bits per heavy atom. The molecule has 9 aromatic carbocycles. The van der Waals surface area contributed by atoms with Crippen LogP contribution in [0.25, 0.3) is 126 Å². The van der Waals surface area contributed by atoms with Crippen molar-refractivity contribution in [3.8, 4) is 22.5 Å². The highest BCUT2D eigenvalue weighted by atomic mass is 16.3. The quantitative estimate of drug-likeness (QED) is 0.177. The van der Waals surface area contributed by atoms with Gasteiger partial charge >= 0.3 is 0 Å². The molecule has 5 heterocycles. The zero-order valence-electron chi connectivity index (χ0n) is 31.1. The summed E-state index contributed by atoms with van der Waals surface area (Å²) in [5, 5.41) is 12.3. The first kappa shape index (κ1) is 30.4. The third-order valence-electron chi connectivity index (χ3n) is 12.7. The van der Waals surface area contributed by atoms with Crippen LogP contribution in [0.2, 0.25) is 0 Å². The predicted molar refractivity (Wildman–Crippen MR) is 242 cm³/mol. The second kappa shape index (κ2) is 10.9. The lowest BCUT2D eigenvalue weighted by Crippen LogP contribution is -1.94. The van der Waals surface area contributed by atoms with E-state index in [1.165, 1.54) is 87.5 Å². The summed E-state index contributed by atoms with van der Waals surface area (Å²) in [6.07, 6.45) is 0. The maximum absolute atomic E-state index is 6.65. The molecule has 0 amide bonds. The largest absolute Gasteiger partial charge is 0.454 e. The molecule has 5 aromatic heterocycles. The van der Waals surface area contributed by atoms with E-state index in [9.17, 15) is 0 Å². The normalized spacial score (nSPS) is 12.5. The van der Waals surface area contributed by atoms with E-state index in [0.717, 1.165) is 38.7 Å². The van der Waals surface area contributed by atoms with E-state index in [2.05, 4.69) is 196 Å². The van der Waals surface area contributed by atoms with Crippen molar-refractivity contribution in [2.24, 2.45) is 0 Å². The van der Waals surface area contributed by atoms with Crippen LogP contribution < -0.4 is 0 Å². The first-order valence-electron chi connectivity index (χ1n) is 19.9. The Kier molecular flexibility index (Phi) is 5.73. The lowest BCUT2D eigenvalue weighted by atomic mass is 9.97. The summed E-state index contributed by atoms with van der Waals surface area (Å²) < 4.78 is 14.0. The number of aromatic nitrogens is 3. The lowest BCUT2D eigenvalue weighted by Gasteiger charge is -2.09. The van der Waals surface area contributed by atoms with Gasteiger partial charge in [0.1, 0.15) is 5.58 Å². The van der Waals surface area contributed by atoms with Crippen LogP contribution in [0.4, 0.5) is 0 Å². The molecule has 0 N–H and O–H groups in total. The zero-order valence-corrected chi connectivity index (χ0v) is 31.1. The van der Waals surface area contributed by atoms with E-state index >= 15 is 0 Å². The van der Waals surface area contributed by atoms with E-state index in [4.69, 9.17) is 4.42 Å². The molecule has 0 bridgehead atoms. The van der Waals surface area contributed by atoms with Gasteiger partial charge in [0, 0.05) is 59.5 Å². The molecule has 0 spiro atoms. The monoisotopic (exact) mass is 737 g/mol. The highest BCUT2D eigenvalue weighted by Crippen LogP contribution is 2.47. The molecule has 14 aromatic rings. The summed E-state index contributed by atoms with van der Waals surface area (Å²) in [4.78, 5) is 0. The highest BCUT2D eigenvalue weighted by Gasteiger charge is 2.25. The molecular weight excluding hydrogens is 707 g/mol. The fraction of sp³-hybridized carbons (Fsp3) is 0. The van der Waals surface area contributed by atoms with Gasteiger partial charge in [-0.1, -0.05) is 109 Å². The van der Waals surface area contributed by atoms with Gasteiger partial charge in [-0.2, -0.15) is 0 Å². The van der Waals surface area contributed by atoms with Crippen molar-refractivity contribution >= 4 is 104 Å². The summed E-state index contributed by atoms with van der Waals surface area (Å²) in [5.74, 6) is 0. The molecule has 58 heavy (non-hydrogen) atoms. The van der Waals surface area contributed by atoms with Crippen LogP contribution in [0.1, 0.15) is 0 Å². The van der Waals surface area contributed by atoms with Gasteiger partial charge in [0.2, 0.25) is 0 Å². The minimum atomic E-state index is 0.900. The molecule has 4 heteroatoms. The average Bonchev–Trinajstić information content (AvgIpc) is 4.08. The average molecular weight is 738 g/mol. The number of fused-ring (bicyclic) bond motifs is 16. The molecule has 268 valence electrons. The van der Waals surface area contributed by atoms with Crippen molar-refractivity contribution < 1.29 is 4.42 Å². The Bertz CT molecular complexity index is 4030. The second-order valence-corrected chi connectivity index (χ2v) is 15.7. The van der Waals surface area contributed by atoms with Crippen LogP contribution in [0.15, 0.2) is 192 Å². The minimum absolute atomic E-state index is 0.900. The number of para-hydroxylation sites is 6. The first-order chi connectivity index (χ1) is 28.8. The van der Waals surface area contributed by atoms with Gasteiger partial charge in [-0.3, -0.25) is 0 Å². The smallest absolute Gasteiger partial charge is 0.159 e. The SMILES string of the molecule is c1ccc(-n2c3ccccc3c3cc(-c4cc5c6ccccc6n6c7ccc8c(c9ccccc9n8-c8cccc9c8oc8ccccc89)c7c(c4)c56)ccc32)cc1. The van der Waals surface area contributed by atoms with Gasteiger partial charge in [0.25, 0.3) is 0 Å². The molecule has 4 nitrogen and oxygen atoms in total. The molecule has 0 aliphatic heterocycles. The highest BCUT2D eigenvalue weighted by molar-refractivity contribution is 6.33. The Balaban J connectivity index is 1.10. The van der Waals surface area contributed by atoms with Gasteiger partial charge in [-0.15, -0.1) is 0 Å². The zero-order chi connectivity index (χ0) is 37.6. The molecule has 0 atom stereocenters. The van der Waals surface area contributed by atoms with E-state index in [1.54, 1.807) is 0 Å². The Morgan fingerprint density at radius 2 is 0.914 bits per heavy atom. The molecule has 14 rings (SSSR count). The minimum Gasteiger partial charge on any atom is -0.454 e. The fourth-order valence-corrected chi connectivity index (χ4v) is 10.4. The summed E-state index contributed by atoms with van der Waals surface area (Å²) in [5.41, 5.74) is 14.9. The number of benzene rings is 9. The van der Waals surface area contributed by atoms with Crippen LogP contribution in [-0.4, -0.2) is 13.5 Å². The molecule has 0 aliphatic carbocycles. The summed E-state index contributed by atoms with van der Waals surface area (Å²) >= 11 is 0. The van der Waals surface area contributed by atoms with Crippen LogP contribution in [0.3, 0.4) is 0 Å². The van der Waals surface area contributed by atoms with Gasteiger partial charge in [0.05, 0.1) is 44.3 Å². The Labute approximate surface area is 330 Å². The van der Waals surface area contributed by atoms with Crippen LogP contribution in [0, 0.1) is 0 Å². The Hall–Kier alpha value is -7.82. The van der Waals surface area contributed by atoms with E-state index in [0.29, 0.717) is 0 Å². The topological polar surface area (TPSA) is 27.4 Å². The molecular formula is C54H31N3O. The number of hydrogen-bond donors (Lipinski definition) is 0. The van der Waals surface area contributed by atoms with E-state index in [-0.39, 0.29) is 0 Å². The Morgan fingerprint density at radius 3 is 1.76 bits per heavy atom. The second-order valence-electron chi connectivity index (χ2n) is 15.7. The van der Waals surface area contributed by atoms with E-state index < -0.39 is 0 Å². The lowest BCUT2D eigenvalue weighted by molar-refractivity contribution is 0.666. The third kappa shape index (κ3) is 3.79. The van der Waals surface area contributed by atoms with Crippen molar-refractivity contribution in [1.29, 1.82) is 0 Å². The van der Waals surface area contributed by atoms with Crippen molar-refractivity contribution in [2.75, 3.05) is 0 Å². The van der Waals surface area contributed by atoms with Gasteiger partial charge in [-0.05, 0) is 90.0 Å². The predicted octanol–water partition coefficient (Wildman–Crippen LogP) is 14.6. The van der Waals surface area contributed by atoms with Gasteiger partial charge < -0.3 is 18.0 Å². The third-order valence-corrected chi connectivity index (χ3v) is 12.7. The number of furan rings is 1. The van der Waals surface area contributed by atoms with Crippen molar-refractivity contribution in [3.63, 3.8) is 0 Å².